The maximum Gasteiger partial charge on any atom is 0.0314 e. The number of hydrogen-bond donors (Lipinski definition) is 1. The molecule has 2 rings (SSSR count). The second-order valence-electron chi connectivity index (χ2n) is 5.17. The molecule has 92 valence electrons. The Labute approximate surface area is 104 Å². The molecule has 0 atom stereocenters. The van der Waals surface area contributed by atoms with Gasteiger partial charge in [-0.2, -0.15) is 0 Å². The standard InChI is InChI=1S/C15H22N2/c1-12(16)15-5-3-13(4-6-15)11-14-7-9-17(2)10-8-14/h3-6,14H,1,7-11,16H2,2H3. The highest BCUT2D eigenvalue weighted by Gasteiger charge is 2.16. The van der Waals surface area contributed by atoms with E-state index < -0.39 is 0 Å². The Bertz CT molecular complexity index is 372. The van der Waals surface area contributed by atoms with Gasteiger partial charge in [0.1, 0.15) is 0 Å². The number of nitrogens with zero attached hydrogens (tertiary/aromatic N) is 1. The highest BCUT2D eigenvalue weighted by atomic mass is 15.1. The molecule has 2 nitrogen and oxygen atoms in total. The average molecular weight is 230 g/mol. The highest BCUT2D eigenvalue weighted by molar-refractivity contribution is 5.60. The number of hydrogen-bond acceptors (Lipinski definition) is 2. The summed E-state index contributed by atoms with van der Waals surface area (Å²) in [5, 5.41) is 0. The fourth-order valence-electron chi connectivity index (χ4n) is 2.45. The summed E-state index contributed by atoms with van der Waals surface area (Å²) in [6.07, 6.45) is 3.84. The molecule has 1 aromatic carbocycles. The molecule has 0 amide bonds. The zero-order chi connectivity index (χ0) is 12.3. The van der Waals surface area contributed by atoms with E-state index in [2.05, 4.69) is 42.8 Å². The second kappa shape index (κ2) is 5.37. The van der Waals surface area contributed by atoms with Gasteiger partial charge in [-0.1, -0.05) is 30.8 Å². The van der Waals surface area contributed by atoms with Crippen LogP contribution in [0.1, 0.15) is 24.0 Å². The molecule has 0 saturated carbocycles. The van der Waals surface area contributed by atoms with Crippen LogP contribution < -0.4 is 5.73 Å². The zero-order valence-corrected chi connectivity index (χ0v) is 10.7. The van der Waals surface area contributed by atoms with E-state index in [1.165, 1.54) is 37.9 Å². The molecular formula is C15H22N2. The van der Waals surface area contributed by atoms with Crippen molar-refractivity contribution < 1.29 is 0 Å². The Hall–Kier alpha value is -1.28. The minimum absolute atomic E-state index is 0.649. The van der Waals surface area contributed by atoms with Gasteiger partial charge in [-0.15, -0.1) is 0 Å². The first kappa shape index (κ1) is 12.2. The lowest BCUT2D eigenvalue weighted by atomic mass is 9.90. The summed E-state index contributed by atoms with van der Waals surface area (Å²) >= 11 is 0. The molecule has 2 N–H and O–H groups in total. The summed E-state index contributed by atoms with van der Waals surface area (Å²) in [5.41, 5.74) is 8.77. The SMILES string of the molecule is C=C(N)c1ccc(CC2CCN(C)CC2)cc1. The van der Waals surface area contributed by atoms with E-state index in [9.17, 15) is 0 Å². The molecule has 0 aromatic heterocycles. The summed E-state index contributed by atoms with van der Waals surface area (Å²) < 4.78 is 0. The van der Waals surface area contributed by atoms with Gasteiger partial charge in [0.05, 0.1) is 0 Å². The number of rotatable bonds is 3. The van der Waals surface area contributed by atoms with Crippen LogP contribution in [0.2, 0.25) is 0 Å². The predicted octanol–water partition coefficient (Wildman–Crippen LogP) is 2.50. The molecule has 0 spiro atoms. The lowest BCUT2D eigenvalue weighted by molar-refractivity contribution is 0.219. The molecular weight excluding hydrogens is 208 g/mol. The first-order valence-electron chi connectivity index (χ1n) is 6.37. The van der Waals surface area contributed by atoms with Gasteiger partial charge in [-0.3, -0.25) is 0 Å². The molecule has 1 aliphatic rings. The van der Waals surface area contributed by atoms with Crippen LogP contribution in [0.3, 0.4) is 0 Å². The summed E-state index contributed by atoms with van der Waals surface area (Å²) in [5.74, 6) is 0.845. The first-order valence-corrected chi connectivity index (χ1v) is 6.37. The average Bonchev–Trinajstić information content (AvgIpc) is 2.33. The van der Waals surface area contributed by atoms with E-state index in [1.807, 2.05) is 0 Å². The molecule has 1 aromatic rings. The fourth-order valence-corrected chi connectivity index (χ4v) is 2.45. The summed E-state index contributed by atoms with van der Waals surface area (Å²) in [6, 6.07) is 8.52. The van der Waals surface area contributed by atoms with Gasteiger partial charge >= 0.3 is 0 Å². The van der Waals surface area contributed by atoms with Gasteiger partial charge in [0.2, 0.25) is 0 Å². The Morgan fingerprint density at radius 2 is 1.88 bits per heavy atom. The molecule has 0 unspecified atom stereocenters. The van der Waals surface area contributed by atoms with Crippen molar-refractivity contribution in [3.8, 4) is 0 Å². The molecule has 2 heteroatoms. The maximum atomic E-state index is 5.66. The van der Waals surface area contributed by atoms with Crippen LogP contribution in [0.5, 0.6) is 0 Å². The summed E-state index contributed by atoms with van der Waals surface area (Å²) in [6.45, 7) is 6.23. The smallest absolute Gasteiger partial charge is 0.0314 e. The molecule has 0 radical (unpaired) electrons. The van der Waals surface area contributed by atoms with Crippen molar-refractivity contribution in [2.75, 3.05) is 20.1 Å². The van der Waals surface area contributed by atoms with Gasteiger partial charge in [0.25, 0.3) is 0 Å². The fraction of sp³-hybridized carbons (Fsp3) is 0.467. The van der Waals surface area contributed by atoms with Gasteiger partial charge in [-0.05, 0) is 56.4 Å². The number of likely N-dealkylation sites (tertiary alicyclic amines) is 1. The lowest BCUT2D eigenvalue weighted by Gasteiger charge is -2.28. The normalized spacial score (nSPS) is 18.2. The van der Waals surface area contributed by atoms with Crippen LogP contribution in [0, 0.1) is 5.92 Å². The Balaban J connectivity index is 1.92. The van der Waals surface area contributed by atoms with Crippen LogP contribution in [0.25, 0.3) is 5.70 Å². The number of piperidine rings is 1. The summed E-state index contributed by atoms with van der Waals surface area (Å²) in [4.78, 5) is 2.41. The quantitative estimate of drug-likeness (QED) is 0.864. The van der Waals surface area contributed by atoms with Crippen LogP contribution in [0.15, 0.2) is 30.8 Å². The first-order chi connectivity index (χ1) is 8.15. The third kappa shape index (κ3) is 3.34. The maximum absolute atomic E-state index is 5.66. The summed E-state index contributed by atoms with van der Waals surface area (Å²) in [7, 11) is 2.21. The third-order valence-electron chi connectivity index (χ3n) is 3.69. The van der Waals surface area contributed by atoms with Crippen molar-refractivity contribution in [1.29, 1.82) is 0 Å². The Morgan fingerprint density at radius 1 is 1.29 bits per heavy atom. The Morgan fingerprint density at radius 3 is 2.41 bits per heavy atom. The van der Waals surface area contributed by atoms with E-state index in [-0.39, 0.29) is 0 Å². The topological polar surface area (TPSA) is 29.3 Å². The number of benzene rings is 1. The van der Waals surface area contributed by atoms with Gasteiger partial charge < -0.3 is 10.6 Å². The van der Waals surface area contributed by atoms with Crippen molar-refractivity contribution in [2.45, 2.75) is 19.3 Å². The molecule has 0 aliphatic carbocycles. The van der Waals surface area contributed by atoms with E-state index >= 15 is 0 Å². The third-order valence-corrected chi connectivity index (χ3v) is 3.69. The van der Waals surface area contributed by atoms with Crippen LogP contribution in [-0.2, 0) is 6.42 Å². The van der Waals surface area contributed by atoms with E-state index in [4.69, 9.17) is 5.73 Å². The molecule has 1 saturated heterocycles. The van der Waals surface area contributed by atoms with Crippen molar-refractivity contribution in [1.82, 2.24) is 4.90 Å². The van der Waals surface area contributed by atoms with Crippen molar-refractivity contribution in [3.63, 3.8) is 0 Å². The van der Waals surface area contributed by atoms with Crippen molar-refractivity contribution in [2.24, 2.45) is 11.7 Å². The van der Waals surface area contributed by atoms with Gasteiger partial charge in [-0.25, -0.2) is 0 Å². The van der Waals surface area contributed by atoms with Crippen molar-refractivity contribution in [3.05, 3.63) is 42.0 Å². The van der Waals surface area contributed by atoms with E-state index in [0.717, 1.165) is 11.5 Å². The minimum atomic E-state index is 0.649. The zero-order valence-electron chi connectivity index (χ0n) is 10.7. The van der Waals surface area contributed by atoms with Crippen LogP contribution in [0.4, 0.5) is 0 Å². The van der Waals surface area contributed by atoms with E-state index in [0.29, 0.717) is 5.70 Å². The highest BCUT2D eigenvalue weighted by Crippen LogP contribution is 2.21. The number of nitrogens with two attached hydrogens (primary N) is 1. The minimum Gasteiger partial charge on any atom is -0.399 e. The van der Waals surface area contributed by atoms with Crippen LogP contribution in [-0.4, -0.2) is 25.0 Å². The second-order valence-corrected chi connectivity index (χ2v) is 5.17. The Kier molecular flexibility index (Phi) is 3.85. The van der Waals surface area contributed by atoms with Gasteiger partial charge in [0.15, 0.2) is 0 Å². The van der Waals surface area contributed by atoms with Crippen molar-refractivity contribution >= 4 is 5.70 Å². The molecule has 1 fully saturated rings. The molecule has 1 heterocycles. The lowest BCUT2D eigenvalue weighted by Crippen LogP contribution is -2.30. The predicted molar refractivity (Wildman–Crippen MR) is 73.6 cm³/mol. The largest absolute Gasteiger partial charge is 0.399 e. The molecule has 1 aliphatic heterocycles. The monoisotopic (exact) mass is 230 g/mol. The molecule has 17 heavy (non-hydrogen) atoms. The van der Waals surface area contributed by atoms with Gasteiger partial charge in [0, 0.05) is 5.70 Å². The van der Waals surface area contributed by atoms with Crippen LogP contribution >= 0.6 is 0 Å². The van der Waals surface area contributed by atoms with E-state index in [1.54, 1.807) is 0 Å². The molecule has 0 bridgehead atoms.